The topological polar surface area (TPSA) is 35.5 Å². The van der Waals surface area contributed by atoms with E-state index in [1.54, 1.807) is 6.92 Å². The first-order valence-corrected chi connectivity index (χ1v) is 6.27. The Morgan fingerprint density at radius 3 is 2.72 bits per heavy atom. The van der Waals surface area contributed by atoms with Gasteiger partial charge in [-0.1, -0.05) is 0 Å². The highest BCUT2D eigenvalue weighted by Crippen LogP contribution is 2.33. The number of Topliss-reactive ketones (excluding diaryl/α,β-unsaturated/α-hetero) is 1. The van der Waals surface area contributed by atoms with Crippen LogP contribution in [-0.4, -0.2) is 24.6 Å². The summed E-state index contributed by atoms with van der Waals surface area (Å²) in [6.45, 7) is 2.14. The lowest BCUT2D eigenvalue weighted by Gasteiger charge is -2.34. The minimum absolute atomic E-state index is 0.0690. The van der Waals surface area contributed by atoms with Gasteiger partial charge in [-0.05, 0) is 28.9 Å². The van der Waals surface area contributed by atoms with Gasteiger partial charge >= 0.3 is 0 Å². The van der Waals surface area contributed by atoms with Crippen molar-refractivity contribution in [2.45, 2.75) is 25.6 Å². The van der Waals surface area contributed by atoms with Crippen LogP contribution >= 0.6 is 15.9 Å². The van der Waals surface area contributed by atoms with Crippen LogP contribution in [0.25, 0.3) is 0 Å². The Balaban J connectivity index is 2.13. The van der Waals surface area contributed by atoms with Gasteiger partial charge in [0.1, 0.15) is 11.9 Å². The van der Waals surface area contributed by atoms with Crippen molar-refractivity contribution in [1.29, 1.82) is 0 Å². The van der Waals surface area contributed by atoms with Crippen molar-refractivity contribution in [3.8, 4) is 5.75 Å². The molecule has 0 aromatic heterocycles. The van der Waals surface area contributed by atoms with E-state index < -0.39 is 23.8 Å². The van der Waals surface area contributed by atoms with Crippen LogP contribution in [0.15, 0.2) is 16.6 Å². The lowest BCUT2D eigenvalue weighted by molar-refractivity contribution is -0.154. The summed E-state index contributed by atoms with van der Waals surface area (Å²) in [7, 11) is 0. The molecule has 2 atom stereocenters. The van der Waals surface area contributed by atoms with Gasteiger partial charge < -0.3 is 9.47 Å². The summed E-state index contributed by atoms with van der Waals surface area (Å²) in [5, 5.41) is 0. The second kappa shape index (κ2) is 5.32. The maximum Gasteiger partial charge on any atom is 0.169 e. The van der Waals surface area contributed by atoms with Crippen LogP contribution in [0.3, 0.4) is 0 Å². The molecular formula is C12H11BrF2O3. The van der Waals surface area contributed by atoms with Crippen LogP contribution in [-0.2, 0) is 9.53 Å². The summed E-state index contributed by atoms with van der Waals surface area (Å²) < 4.78 is 37.2. The molecule has 0 amide bonds. The number of carbonyl (C=O) groups is 1. The first kappa shape index (κ1) is 13.4. The van der Waals surface area contributed by atoms with E-state index in [2.05, 4.69) is 15.9 Å². The number of ketones is 1. The molecule has 0 saturated heterocycles. The van der Waals surface area contributed by atoms with Crippen molar-refractivity contribution in [1.82, 2.24) is 0 Å². The Labute approximate surface area is 111 Å². The van der Waals surface area contributed by atoms with Gasteiger partial charge in [-0.25, -0.2) is 8.78 Å². The number of carbonyl (C=O) groups excluding carboxylic acids is 1. The van der Waals surface area contributed by atoms with Crippen molar-refractivity contribution in [2.75, 3.05) is 6.61 Å². The maximum atomic E-state index is 13.5. The minimum atomic E-state index is -0.809. The molecule has 0 N–H and O–H groups in total. The highest BCUT2D eigenvalue weighted by Gasteiger charge is 2.43. The number of hydrogen-bond donors (Lipinski definition) is 0. The Bertz CT molecular complexity index is 455. The Morgan fingerprint density at radius 2 is 2.17 bits per heavy atom. The fourth-order valence-corrected chi connectivity index (χ4v) is 2.25. The van der Waals surface area contributed by atoms with Crippen LogP contribution in [0.5, 0.6) is 5.75 Å². The van der Waals surface area contributed by atoms with Gasteiger partial charge in [0.2, 0.25) is 0 Å². The van der Waals surface area contributed by atoms with E-state index in [0.29, 0.717) is 6.61 Å². The molecule has 1 fully saturated rings. The predicted molar refractivity (Wildman–Crippen MR) is 63.5 cm³/mol. The molecule has 18 heavy (non-hydrogen) atoms. The molecule has 1 aromatic carbocycles. The molecule has 1 saturated carbocycles. The van der Waals surface area contributed by atoms with Gasteiger partial charge in [0.15, 0.2) is 23.5 Å². The van der Waals surface area contributed by atoms with E-state index in [-0.39, 0.29) is 22.4 Å². The van der Waals surface area contributed by atoms with Crippen LogP contribution in [0.2, 0.25) is 0 Å². The summed E-state index contributed by atoms with van der Waals surface area (Å²) in [4.78, 5) is 11.3. The maximum absolute atomic E-state index is 13.5. The average molecular weight is 321 g/mol. The van der Waals surface area contributed by atoms with Crippen LogP contribution in [0, 0.1) is 11.6 Å². The number of benzene rings is 1. The molecule has 6 heteroatoms. The van der Waals surface area contributed by atoms with Crippen molar-refractivity contribution in [3.63, 3.8) is 0 Å². The minimum Gasteiger partial charge on any atom is -0.482 e. The summed E-state index contributed by atoms with van der Waals surface area (Å²) in [6, 6.07) is 1.84. The summed E-state index contributed by atoms with van der Waals surface area (Å²) in [6.07, 6.45) is -1.01. The number of hydrogen-bond acceptors (Lipinski definition) is 3. The largest absolute Gasteiger partial charge is 0.482 e. The van der Waals surface area contributed by atoms with Crippen LogP contribution < -0.4 is 4.74 Å². The molecular weight excluding hydrogens is 310 g/mol. The van der Waals surface area contributed by atoms with E-state index in [0.717, 1.165) is 12.1 Å². The van der Waals surface area contributed by atoms with Gasteiger partial charge in [-0.2, -0.15) is 0 Å². The summed E-state index contributed by atoms with van der Waals surface area (Å²) >= 11 is 3.02. The molecule has 2 unspecified atom stereocenters. The SMILES string of the molecule is CCOC1C(=O)CC1Oc1c(F)cc(F)cc1Br. The second-order valence-corrected chi connectivity index (χ2v) is 4.76. The molecule has 0 aliphatic heterocycles. The standard InChI is InChI=1S/C12H11BrF2O3/c1-2-17-12-9(16)5-10(12)18-11-7(13)3-6(14)4-8(11)15/h3-4,10,12H,2,5H2,1H3. The van der Waals surface area contributed by atoms with Gasteiger partial charge in [-0.3, -0.25) is 4.79 Å². The Hall–Kier alpha value is -1.01. The molecule has 2 rings (SSSR count). The lowest BCUT2D eigenvalue weighted by atomic mass is 9.90. The average Bonchev–Trinajstić information content (AvgIpc) is 2.29. The van der Waals surface area contributed by atoms with E-state index in [9.17, 15) is 13.6 Å². The van der Waals surface area contributed by atoms with E-state index >= 15 is 0 Å². The third-order valence-corrected chi connectivity index (χ3v) is 3.22. The van der Waals surface area contributed by atoms with Gasteiger partial charge in [0.05, 0.1) is 4.47 Å². The molecule has 1 aromatic rings. The van der Waals surface area contributed by atoms with Crippen molar-refractivity contribution < 1.29 is 23.0 Å². The van der Waals surface area contributed by atoms with Gasteiger partial charge in [0, 0.05) is 19.1 Å². The zero-order valence-corrected chi connectivity index (χ0v) is 11.2. The molecule has 0 heterocycles. The quantitative estimate of drug-likeness (QED) is 0.855. The Kier molecular flexibility index (Phi) is 3.97. The van der Waals surface area contributed by atoms with Crippen molar-refractivity contribution in [2.24, 2.45) is 0 Å². The smallest absolute Gasteiger partial charge is 0.169 e. The van der Waals surface area contributed by atoms with Crippen LogP contribution in [0.4, 0.5) is 8.78 Å². The highest BCUT2D eigenvalue weighted by molar-refractivity contribution is 9.10. The number of rotatable bonds is 4. The van der Waals surface area contributed by atoms with E-state index in [1.807, 2.05) is 0 Å². The molecule has 0 bridgehead atoms. The number of halogens is 3. The van der Waals surface area contributed by atoms with E-state index in [4.69, 9.17) is 9.47 Å². The normalized spacial score (nSPS) is 22.8. The summed E-state index contributed by atoms with van der Waals surface area (Å²) in [5.74, 6) is -1.67. The highest BCUT2D eigenvalue weighted by atomic mass is 79.9. The zero-order chi connectivity index (χ0) is 13.3. The first-order chi connectivity index (χ1) is 8.52. The predicted octanol–water partition coefficient (Wildman–Crippen LogP) is 2.85. The molecule has 1 aliphatic carbocycles. The molecule has 3 nitrogen and oxygen atoms in total. The zero-order valence-electron chi connectivity index (χ0n) is 9.58. The van der Waals surface area contributed by atoms with Crippen LogP contribution in [0.1, 0.15) is 13.3 Å². The number of ether oxygens (including phenoxy) is 2. The molecule has 0 spiro atoms. The monoisotopic (exact) mass is 320 g/mol. The van der Waals surface area contributed by atoms with Gasteiger partial charge in [-0.15, -0.1) is 0 Å². The molecule has 0 radical (unpaired) electrons. The third-order valence-electron chi connectivity index (χ3n) is 2.64. The molecule has 98 valence electrons. The third kappa shape index (κ3) is 2.54. The van der Waals surface area contributed by atoms with Crippen molar-refractivity contribution >= 4 is 21.7 Å². The fourth-order valence-electron chi connectivity index (χ4n) is 1.74. The lowest BCUT2D eigenvalue weighted by Crippen LogP contribution is -2.52. The van der Waals surface area contributed by atoms with E-state index in [1.165, 1.54) is 0 Å². The Morgan fingerprint density at radius 1 is 1.44 bits per heavy atom. The molecule has 1 aliphatic rings. The second-order valence-electron chi connectivity index (χ2n) is 3.90. The fraction of sp³-hybridized carbons (Fsp3) is 0.417. The van der Waals surface area contributed by atoms with Gasteiger partial charge in [0.25, 0.3) is 0 Å². The van der Waals surface area contributed by atoms with Crippen molar-refractivity contribution in [3.05, 3.63) is 28.2 Å². The first-order valence-electron chi connectivity index (χ1n) is 5.48. The summed E-state index contributed by atoms with van der Waals surface area (Å²) in [5.41, 5.74) is 0.